The molecule has 1 aliphatic rings. The Morgan fingerprint density at radius 1 is 1.11 bits per heavy atom. The van der Waals surface area contributed by atoms with E-state index in [4.69, 9.17) is 4.74 Å². The number of nitrogens with one attached hydrogen (secondary N) is 2. The van der Waals surface area contributed by atoms with Crippen LogP contribution in [0.2, 0.25) is 0 Å². The van der Waals surface area contributed by atoms with Gasteiger partial charge in [-0.05, 0) is 42.4 Å². The molecule has 1 aromatic rings. The highest BCUT2D eigenvalue weighted by Crippen LogP contribution is 2.24. The highest BCUT2D eigenvalue weighted by atomic mass is 16.5. The van der Waals surface area contributed by atoms with Crippen LogP contribution in [0.3, 0.4) is 0 Å². The van der Waals surface area contributed by atoms with E-state index in [9.17, 15) is 9.59 Å². The van der Waals surface area contributed by atoms with E-state index in [2.05, 4.69) is 36.3 Å². The van der Waals surface area contributed by atoms with Gasteiger partial charge in [0.15, 0.2) is 6.61 Å². The molecule has 0 aliphatic carbocycles. The van der Waals surface area contributed by atoms with Crippen LogP contribution in [0.25, 0.3) is 0 Å². The predicted octanol–water partition coefficient (Wildman–Crippen LogP) is 2.47. The molecule has 1 heterocycles. The summed E-state index contributed by atoms with van der Waals surface area (Å²) in [6.45, 7) is 11.4. The van der Waals surface area contributed by atoms with Crippen LogP contribution in [-0.2, 0) is 15.0 Å². The smallest absolute Gasteiger partial charge is 0.258 e. The fourth-order valence-electron chi connectivity index (χ4n) is 3.23. The predicted molar refractivity (Wildman–Crippen MR) is 112 cm³/mol. The maximum atomic E-state index is 12.2. The van der Waals surface area contributed by atoms with Gasteiger partial charge in [-0.15, -0.1) is 0 Å². The van der Waals surface area contributed by atoms with Gasteiger partial charge in [0.2, 0.25) is 5.91 Å². The topological polar surface area (TPSA) is 70.7 Å². The summed E-state index contributed by atoms with van der Waals surface area (Å²) in [6.07, 6.45) is 2.66. The first-order chi connectivity index (χ1) is 13.3. The Morgan fingerprint density at radius 3 is 2.32 bits per heavy atom. The number of hydrogen-bond donors (Lipinski definition) is 2. The maximum Gasteiger partial charge on any atom is 0.258 e. The number of ether oxygens (including phenoxy) is 1. The minimum atomic E-state index is -0.0981. The third-order valence-corrected chi connectivity index (χ3v) is 4.98. The zero-order chi connectivity index (χ0) is 20.6. The summed E-state index contributed by atoms with van der Waals surface area (Å²) in [5.74, 6) is 0.685. The van der Waals surface area contributed by atoms with Crippen LogP contribution >= 0.6 is 0 Å². The van der Waals surface area contributed by atoms with Gasteiger partial charge in [0.25, 0.3) is 5.91 Å². The van der Waals surface area contributed by atoms with Gasteiger partial charge in [-0.3, -0.25) is 14.5 Å². The molecule has 0 saturated carbocycles. The zero-order valence-electron chi connectivity index (χ0n) is 17.7. The number of piperidine rings is 1. The molecule has 6 nitrogen and oxygen atoms in total. The van der Waals surface area contributed by atoms with E-state index in [0.717, 1.165) is 38.9 Å². The minimum Gasteiger partial charge on any atom is -0.484 e. The molecular weight excluding hydrogens is 354 g/mol. The Morgan fingerprint density at radius 2 is 1.75 bits per heavy atom. The Bertz CT molecular complexity index is 629. The molecule has 0 aromatic heterocycles. The number of benzene rings is 1. The fourth-order valence-corrected chi connectivity index (χ4v) is 3.23. The molecular formula is C22H35N3O3. The lowest BCUT2D eigenvalue weighted by Crippen LogP contribution is -2.48. The van der Waals surface area contributed by atoms with Crippen LogP contribution in [0.5, 0.6) is 5.75 Å². The standard InChI is InChI=1S/C22H35N3O3/c1-5-12-23-20(26)15-25-13-10-18(11-14-25)24-21(27)16-28-19-8-6-17(7-9-19)22(2,3)4/h6-9,18H,5,10-16H2,1-4H3,(H,23,26)(H,24,27). The van der Waals surface area contributed by atoms with E-state index in [-0.39, 0.29) is 29.9 Å². The summed E-state index contributed by atoms with van der Waals surface area (Å²) in [7, 11) is 0. The third kappa shape index (κ3) is 7.50. The number of carbonyl (C=O) groups excluding carboxylic acids is 2. The van der Waals surface area contributed by atoms with Crippen molar-refractivity contribution in [1.29, 1.82) is 0 Å². The van der Waals surface area contributed by atoms with Crippen LogP contribution in [-0.4, -0.2) is 55.5 Å². The van der Waals surface area contributed by atoms with Gasteiger partial charge in [0.1, 0.15) is 5.75 Å². The second kappa shape index (κ2) is 10.5. The number of rotatable bonds is 8. The lowest BCUT2D eigenvalue weighted by molar-refractivity contribution is -0.125. The molecule has 1 aliphatic heterocycles. The van der Waals surface area contributed by atoms with Crippen molar-refractivity contribution in [3.05, 3.63) is 29.8 Å². The van der Waals surface area contributed by atoms with Gasteiger partial charge < -0.3 is 15.4 Å². The van der Waals surface area contributed by atoms with Gasteiger partial charge in [0.05, 0.1) is 6.54 Å². The van der Waals surface area contributed by atoms with Crippen LogP contribution in [0.15, 0.2) is 24.3 Å². The fraction of sp³-hybridized carbons (Fsp3) is 0.636. The summed E-state index contributed by atoms with van der Waals surface area (Å²) in [6, 6.07) is 8.06. The second-order valence-electron chi connectivity index (χ2n) is 8.53. The summed E-state index contributed by atoms with van der Waals surface area (Å²) >= 11 is 0. The monoisotopic (exact) mass is 389 g/mol. The van der Waals surface area contributed by atoms with Gasteiger partial charge in [-0.2, -0.15) is 0 Å². The van der Waals surface area contributed by atoms with Crippen LogP contribution in [0, 0.1) is 0 Å². The molecule has 1 aromatic carbocycles. The van der Waals surface area contributed by atoms with Crippen molar-refractivity contribution in [3.63, 3.8) is 0 Å². The van der Waals surface area contributed by atoms with Crippen LogP contribution < -0.4 is 15.4 Å². The maximum absolute atomic E-state index is 12.2. The molecule has 2 rings (SSSR count). The largest absolute Gasteiger partial charge is 0.484 e. The van der Waals surface area contributed by atoms with E-state index in [1.54, 1.807) is 0 Å². The third-order valence-electron chi connectivity index (χ3n) is 4.98. The lowest BCUT2D eigenvalue weighted by atomic mass is 9.87. The van der Waals surface area contributed by atoms with Gasteiger partial charge in [-0.25, -0.2) is 0 Å². The summed E-state index contributed by atoms with van der Waals surface area (Å²) < 4.78 is 5.61. The summed E-state index contributed by atoms with van der Waals surface area (Å²) in [5.41, 5.74) is 1.33. The van der Waals surface area contributed by atoms with Crippen molar-refractivity contribution in [1.82, 2.24) is 15.5 Å². The molecule has 156 valence electrons. The van der Waals surface area contributed by atoms with Gasteiger partial charge in [0, 0.05) is 25.7 Å². The summed E-state index contributed by atoms with van der Waals surface area (Å²) in [4.78, 5) is 26.1. The number of amides is 2. The number of carbonyl (C=O) groups is 2. The SMILES string of the molecule is CCCNC(=O)CN1CCC(NC(=O)COc2ccc(C(C)(C)C)cc2)CC1. The molecule has 28 heavy (non-hydrogen) atoms. The van der Waals surface area contributed by atoms with E-state index in [1.807, 2.05) is 31.2 Å². The van der Waals surface area contributed by atoms with Crippen molar-refractivity contribution in [3.8, 4) is 5.75 Å². The van der Waals surface area contributed by atoms with E-state index >= 15 is 0 Å². The van der Waals surface area contributed by atoms with E-state index in [1.165, 1.54) is 5.56 Å². The Balaban J connectivity index is 1.67. The Kier molecular flexibility index (Phi) is 8.30. The zero-order valence-corrected chi connectivity index (χ0v) is 17.7. The molecule has 2 N–H and O–H groups in total. The first-order valence-corrected chi connectivity index (χ1v) is 10.3. The summed E-state index contributed by atoms with van der Waals surface area (Å²) in [5, 5.41) is 5.94. The first kappa shape index (κ1) is 22.2. The van der Waals surface area contributed by atoms with Gasteiger partial charge >= 0.3 is 0 Å². The van der Waals surface area contributed by atoms with Crippen molar-refractivity contribution in [2.45, 2.75) is 58.4 Å². The highest BCUT2D eigenvalue weighted by Gasteiger charge is 2.22. The van der Waals surface area contributed by atoms with E-state index in [0.29, 0.717) is 12.3 Å². The molecule has 0 atom stereocenters. The molecule has 0 radical (unpaired) electrons. The van der Waals surface area contributed by atoms with Crippen LogP contribution in [0.4, 0.5) is 0 Å². The quantitative estimate of drug-likeness (QED) is 0.717. The second-order valence-corrected chi connectivity index (χ2v) is 8.53. The van der Waals surface area contributed by atoms with Crippen LogP contribution in [0.1, 0.15) is 52.5 Å². The molecule has 0 spiro atoms. The average Bonchev–Trinajstić information content (AvgIpc) is 2.66. The minimum absolute atomic E-state index is 0.0223. The Hall–Kier alpha value is -2.08. The van der Waals surface area contributed by atoms with Crippen molar-refractivity contribution in [2.24, 2.45) is 0 Å². The van der Waals surface area contributed by atoms with Gasteiger partial charge in [-0.1, -0.05) is 39.8 Å². The highest BCUT2D eigenvalue weighted by molar-refractivity contribution is 5.78. The Labute approximate surface area is 169 Å². The first-order valence-electron chi connectivity index (χ1n) is 10.3. The number of hydrogen-bond acceptors (Lipinski definition) is 4. The van der Waals surface area contributed by atoms with Crippen molar-refractivity contribution >= 4 is 11.8 Å². The molecule has 1 saturated heterocycles. The average molecular weight is 390 g/mol. The van der Waals surface area contributed by atoms with Crippen molar-refractivity contribution in [2.75, 3.05) is 32.8 Å². The van der Waals surface area contributed by atoms with Crippen molar-refractivity contribution < 1.29 is 14.3 Å². The molecule has 0 bridgehead atoms. The molecule has 6 heteroatoms. The molecule has 0 unspecified atom stereocenters. The normalized spacial score (nSPS) is 15.9. The molecule has 2 amide bonds. The van der Waals surface area contributed by atoms with E-state index < -0.39 is 0 Å². The molecule has 1 fully saturated rings. The number of likely N-dealkylation sites (tertiary alicyclic amines) is 1. The number of nitrogens with zero attached hydrogens (tertiary/aromatic N) is 1. The lowest BCUT2D eigenvalue weighted by Gasteiger charge is -2.31.